The van der Waals surface area contributed by atoms with Gasteiger partial charge in [0, 0.05) is 30.7 Å². The lowest BCUT2D eigenvalue weighted by molar-refractivity contribution is 0.0600. The zero-order chi connectivity index (χ0) is 20.4. The second-order valence-electron chi connectivity index (χ2n) is 6.74. The SMILES string of the molecule is COC(=O)c1ccc(N(C)Cc2cc3nc(Cl)nc(N4CCOCC4)c3s2)cc1. The molecule has 0 aliphatic carbocycles. The molecule has 9 heteroatoms. The second kappa shape index (κ2) is 8.52. The van der Waals surface area contributed by atoms with E-state index in [0.717, 1.165) is 39.7 Å². The molecule has 0 saturated carbocycles. The van der Waals surface area contributed by atoms with E-state index in [4.69, 9.17) is 21.1 Å². The van der Waals surface area contributed by atoms with Gasteiger partial charge in [0.05, 0.1) is 42.6 Å². The number of halogens is 1. The van der Waals surface area contributed by atoms with Crippen LogP contribution in [0.25, 0.3) is 10.2 Å². The lowest BCUT2D eigenvalue weighted by atomic mass is 10.2. The molecule has 3 aromatic rings. The van der Waals surface area contributed by atoms with E-state index in [1.54, 1.807) is 23.5 Å². The molecule has 3 heterocycles. The number of hydrogen-bond donors (Lipinski definition) is 0. The molecule has 0 N–H and O–H groups in total. The summed E-state index contributed by atoms with van der Waals surface area (Å²) in [7, 11) is 3.39. The number of esters is 1. The van der Waals surface area contributed by atoms with E-state index in [2.05, 4.69) is 25.8 Å². The number of carbonyl (C=O) groups is 1. The summed E-state index contributed by atoms with van der Waals surface area (Å²) < 4.78 is 11.2. The molecule has 1 aromatic carbocycles. The number of ether oxygens (including phenoxy) is 2. The summed E-state index contributed by atoms with van der Waals surface area (Å²) in [6.07, 6.45) is 0. The number of carbonyl (C=O) groups excluding carboxylic acids is 1. The molecule has 152 valence electrons. The van der Waals surface area contributed by atoms with Gasteiger partial charge in [0.25, 0.3) is 0 Å². The van der Waals surface area contributed by atoms with Gasteiger partial charge in [-0.1, -0.05) is 0 Å². The van der Waals surface area contributed by atoms with Crippen molar-refractivity contribution in [1.29, 1.82) is 0 Å². The summed E-state index contributed by atoms with van der Waals surface area (Å²) >= 11 is 7.86. The summed E-state index contributed by atoms with van der Waals surface area (Å²) in [6, 6.07) is 9.43. The molecule has 29 heavy (non-hydrogen) atoms. The van der Waals surface area contributed by atoms with Gasteiger partial charge in [0.2, 0.25) is 5.28 Å². The summed E-state index contributed by atoms with van der Waals surface area (Å²) in [5.41, 5.74) is 2.40. The van der Waals surface area contributed by atoms with Gasteiger partial charge in [-0.3, -0.25) is 0 Å². The van der Waals surface area contributed by atoms with Crippen molar-refractivity contribution in [2.75, 3.05) is 50.3 Å². The highest BCUT2D eigenvalue weighted by molar-refractivity contribution is 7.19. The van der Waals surface area contributed by atoms with Gasteiger partial charge in [0.15, 0.2) is 5.82 Å². The molecule has 7 nitrogen and oxygen atoms in total. The van der Waals surface area contributed by atoms with Crippen LogP contribution in [-0.4, -0.2) is 56.4 Å². The van der Waals surface area contributed by atoms with E-state index in [-0.39, 0.29) is 11.3 Å². The van der Waals surface area contributed by atoms with Crippen molar-refractivity contribution >= 4 is 50.6 Å². The predicted octanol–water partition coefficient (Wildman–Crippen LogP) is 3.60. The molecule has 1 fully saturated rings. The van der Waals surface area contributed by atoms with Crippen LogP contribution in [0.15, 0.2) is 30.3 Å². The average molecular weight is 433 g/mol. The zero-order valence-corrected chi connectivity index (χ0v) is 17.8. The van der Waals surface area contributed by atoms with Crippen molar-refractivity contribution in [3.05, 3.63) is 46.1 Å². The smallest absolute Gasteiger partial charge is 0.337 e. The zero-order valence-electron chi connectivity index (χ0n) is 16.2. The van der Waals surface area contributed by atoms with Crippen LogP contribution in [0.1, 0.15) is 15.2 Å². The second-order valence-corrected chi connectivity index (χ2v) is 8.21. The monoisotopic (exact) mass is 432 g/mol. The fourth-order valence-corrected chi connectivity index (χ4v) is 4.64. The first-order valence-electron chi connectivity index (χ1n) is 9.23. The molecule has 0 atom stereocenters. The van der Waals surface area contributed by atoms with Gasteiger partial charge < -0.3 is 19.3 Å². The number of methoxy groups -OCH3 is 1. The van der Waals surface area contributed by atoms with Crippen LogP contribution in [0, 0.1) is 0 Å². The molecule has 4 rings (SSSR count). The summed E-state index contributed by atoms with van der Waals surface area (Å²) in [5.74, 6) is 0.541. The molecule has 0 bridgehead atoms. The van der Waals surface area contributed by atoms with Crippen LogP contribution in [-0.2, 0) is 16.0 Å². The number of nitrogens with zero attached hydrogens (tertiary/aromatic N) is 4. The summed E-state index contributed by atoms with van der Waals surface area (Å²) in [6.45, 7) is 3.67. The van der Waals surface area contributed by atoms with Crippen LogP contribution in [0.5, 0.6) is 0 Å². The third-order valence-corrected chi connectivity index (χ3v) is 6.08. The maximum atomic E-state index is 11.6. The van der Waals surface area contributed by atoms with Crippen molar-refractivity contribution in [2.45, 2.75) is 6.54 Å². The third-order valence-electron chi connectivity index (χ3n) is 4.81. The van der Waals surface area contributed by atoms with Crippen molar-refractivity contribution in [3.8, 4) is 0 Å². The van der Waals surface area contributed by atoms with Gasteiger partial charge >= 0.3 is 5.97 Å². The van der Waals surface area contributed by atoms with E-state index < -0.39 is 0 Å². The van der Waals surface area contributed by atoms with Crippen LogP contribution in [0.3, 0.4) is 0 Å². The Balaban J connectivity index is 1.57. The molecule has 0 amide bonds. The molecule has 1 aliphatic rings. The largest absolute Gasteiger partial charge is 0.465 e. The number of thiophene rings is 1. The summed E-state index contributed by atoms with van der Waals surface area (Å²) in [5, 5.41) is 0.259. The maximum Gasteiger partial charge on any atom is 0.337 e. The standard InChI is InChI=1S/C20H21ClN4O3S/c1-24(14-5-3-13(4-6-14)19(26)27-2)12-15-11-16-17(29-15)18(23-20(21)22-16)25-7-9-28-10-8-25/h3-6,11H,7-10,12H2,1-2H3. The minimum atomic E-state index is -0.338. The first-order valence-corrected chi connectivity index (χ1v) is 10.4. The first kappa shape index (κ1) is 19.9. The van der Waals surface area contributed by atoms with Crippen molar-refractivity contribution in [3.63, 3.8) is 0 Å². The van der Waals surface area contributed by atoms with E-state index in [0.29, 0.717) is 25.3 Å². The Labute approximate surface area is 177 Å². The molecular formula is C20H21ClN4O3S. The number of anilines is 2. The van der Waals surface area contributed by atoms with Crippen molar-refractivity contribution in [2.24, 2.45) is 0 Å². The van der Waals surface area contributed by atoms with Gasteiger partial charge in [0.1, 0.15) is 0 Å². The van der Waals surface area contributed by atoms with E-state index in [9.17, 15) is 4.79 Å². The molecular weight excluding hydrogens is 412 g/mol. The highest BCUT2D eigenvalue weighted by Crippen LogP contribution is 2.34. The normalized spacial score (nSPS) is 14.2. The number of fused-ring (bicyclic) bond motifs is 1. The minimum absolute atomic E-state index is 0.259. The molecule has 1 aliphatic heterocycles. The average Bonchev–Trinajstić information content (AvgIpc) is 3.15. The number of rotatable bonds is 5. The third kappa shape index (κ3) is 4.29. The predicted molar refractivity (Wildman–Crippen MR) is 115 cm³/mol. The van der Waals surface area contributed by atoms with Gasteiger partial charge in [-0.2, -0.15) is 4.98 Å². The molecule has 2 aromatic heterocycles. The van der Waals surface area contributed by atoms with Crippen molar-refractivity contribution in [1.82, 2.24) is 9.97 Å². The van der Waals surface area contributed by atoms with Gasteiger partial charge in [-0.25, -0.2) is 9.78 Å². The Hall–Kier alpha value is -2.42. The number of aromatic nitrogens is 2. The van der Waals surface area contributed by atoms with Crippen LogP contribution < -0.4 is 9.80 Å². The number of morpholine rings is 1. The maximum absolute atomic E-state index is 11.6. The van der Waals surface area contributed by atoms with Gasteiger partial charge in [-0.15, -0.1) is 11.3 Å². The van der Waals surface area contributed by atoms with Crippen LogP contribution >= 0.6 is 22.9 Å². The number of benzene rings is 1. The lowest BCUT2D eigenvalue weighted by Gasteiger charge is -2.28. The quantitative estimate of drug-likeness (QED) is 0.450. The molecule has 0 spiro atoms. The topological polar surface area (TPSA) is 67.8 Å². The number of hydrogen-bond acceptors (Lipinski definition) is 8. The lowest BCUT2D eigenvalue weighted by Crippen LogP contribution is -2.36. The van der Waals surface area contributed by atoms with Gasteiger partial charge in [-0.05, 0) is 41.9 Å². The van der Waals surface area contributed by atoms with Crippen LogP contribution in [0.2, 0.25) is 5.28 Å². The molecule has 0 unspecified atom stereocenters. The fourth-order valence-electron chi connectivity index (χ4n) is 3.30. The Kier molecular flexibility index (Phi) is 5.84. The minimum Gasteiger partial charge on any atom is -0.465 e. The van der Waals surface area contributed by atoms with Crippen molar-refractivity contribution < 1.29 is 14.3 Å². The Morgan fingerprint density at radius 1 is 1.28 bits per heavy atom. The first-order chi connectivity index (χ1) is 14.0. The van der Waals surface area contributed by atoms with E-state index >= 15 is 0 Å². The molecule has 0 radical (unpaired) electrons. The van der Waals surface area contributed by atoms with E-state index in [1.807, 2.05) is 19.2 Å². The molecule has 1 saturated heterocycles. The Bertz CT molecular complexity index is 1020. The highest BCUT2D eigenvalue weighted by Gasteiger charge is 2.19. The van der Waals surface area contributed by atoms with E-state index in [1.165, 1.54) is 7.11 Å². The fraction of sp³-hybridized carbons (Fsp3) is 0.350. The Morgan fingerprint density at radius 3 is 2.69 bits per heavy atom. The Morgan fingerprint density at radius 2 is 2.00 bits per heavy atom. The highest BCUT2D eigenvalue weighted by atomic mass is 35.5. The van der Waals surface area contributed by atoms with Crippen LogP contribution in [0.4, 0.5) is 11.5 Å². The summed E-state index contributed by atoms with van der Waals surface area (Å²) in [4.78, 5) is 26.0.